The van der Waals surface area contributed by atoms with Gasteiger partial charge in [0.15, 0.2) is 0 Å². The van der Waals surface area contributed by atoms with Gasteiger partial charge in [-0.3, -0.25) is 4.79 Å². The van der Waals surface area contributed by atoms with Crippen LogP contribution in [0.4, 0.5) is 11.5 Å². The van der Waals surface area contributed by atoms with Crippen LogP contribution in [0.15, 0.2) is 72.9 Å². The summed E-state index contributed by atoms with van der Waals surface area (Å²) in [5.41, 5.74) is 2.65. The van der Waals surface area contributed by atoms with Crippen LogP contribution in [0.2, 0.25) is 0 Å². The van der Waals surface area contributed by atoms with Crippen LogP contribution in [-0.4, -0.2) is 24.0 Å². The van der Waals surface area contributed by atoms with Crippen LogP contribution in [0, 0.1) is 0 Å². The first kappa shape index (κ1) is 19.1. The lowest BCUT2D eigenvalue weighted by atomic mass is 10.1. The van der Waals surface area contributed by atoms with Gasteiger partial charge in [0, 0.05) is 11.9 Å². The van der Waals surface area contributed by atoms with Gasteiger partial charge in [-0.25, -0.2) is 9.78 Å². The predicted molar refractivity (Wildman–Crippen MR) is 108 cm³/mol. The van der Waals surface area contributed by atoms with E-state index in [1.165, 1.54) is 13.3 Å². The van der Waals surface area contributed by atoms with Crippen molar-refractivity contribution in [1.29, 1.82) is 0 Å². The molecule has 6 heteroatoms. The van der Waals surface area contributed by atoms with Gasteiger partial charge in [0.2, 0.25) is 0 Å². The molecule has 2 aromatic carbocycles. The summed E-state index contributed by atoms with van der Waals surface area (Å²) in [5, 5.41) is 6.06. The van der Waals surface area contributed by atoms with Crippen LogP contribution >= 0.6 is 0 Å². The second-order valence-corrected chi connectivity index (χ2v) is 6.24. The van der Waals surface area contributed by atoms with E-state index >= 15 is 0 Å². The van der Waals surface area contributed by atoms with Gasteiger partial charge in [0.1, 0.15) is 5.82 Å². The highest BCUT2D eigenvalue weighted by Gasteiger charge is 2.12. The Bertz CT molecular complexity index is 956. The van der Waals surface area contributed by atoms with Gasteiger partial charge in [-0.2, -0.15) is 0 Å². The summed E-state index contributed by atoms with van der Waals surface area (Å²) < 4.78 is 4.72. The molecule has 1 amide bonds. The number of carbonyl (C=O) groups is 2. The molecule has 0 fully saturated rings. The smallest absolute Gasteiger partial charge is 0.337 e. The minimum atomic E-state index is -0.406. The fraction of sp³-hybridized carbons (Fsp3) is 0.136. The van der Waals surface area contributed by atoms with E-state index in [9.17, 15) is 9.59 Å². The van der Waals surface area contributed by atoms with Crippen LogP contribution in [0.5, 0.6) is 0 Å². The number of nitrogens with one attached hydrogen (secondary N) is 2. The Morgan fingerprint density at radius 1 is 0.964 bits per heavy atom. The molecule has 0 radical (unpaired) electrons. The van der Waals surface area contributed by atoms with E-state index in [1.54, 1.807) is 30.3 Å². The number of anilines is 2. The molecule has 0 spiro atoms. The van der Waals surface area contributed by atoms with E-state index in [0.717, 1.165) is 5.56 Å². The quantitative estimate of drug-likeness (QED) is 0.634. The van der Waals surface area contributed by atoms with E-state index < -0.39 is 5.97 Å². The Balaban J connectivity index is 1.65. The molecule has 1 atom stereocenters. The maximum absolute atomic E-state index is 12.4. The summed E-state index contributed by atoms with van der Waals surface area (Å²) in [4.78, 5) is 28.3. The molecule has 28 heavy (non-hydrogen) atoms. The maximum atomic E-state index is 12.4. The van der Waals surface area contributed by atoms with E-state index in [-0.39, 0.29) is 11.9 Å². The average molecular weight is 375 g/mol. The van der Waals surface area contributed by atoms with Crippen molar-refractivity contribution in [2.75, 3.05) is 12.4 Å². The fourth-order valence-corrected chi connectivity index (χ4v) is 2.70. The highest BCUT2D eigenvalue weighted by Crippen LogP contribution is 2.17. The first-order valence-corrected chi connectivity index (χ1v) is 8.84. The molecular formula is C22H21N3O3. The number of methoxy groups -OCH3 is 1. The minimum absolute atomic E-state index is 0.104. The number of hydrogen-bond acceptors (Lipinski definition) is 5. The lowest BCUT2D eigenvalue weighted by molar-refractivity contribution is 0.0600. The predicted octanol–water partition coefficient (Wildman–Crippen LogP) is 4.10. The number of amides is 1. The minimum Gasteiger partial charge on any atom is -0.465 e. The van der Waals surface area contributed by atoms with Crippen molar-refractivity contribution in [3.63, 3.8) is 0 Å². The Kier molecular flexibility index (Phi) is 6.01. The molecule has 0 bridgehead atoms. The molecule has 0 aliphatic rings. The van der Waals surface area contributed by atoms with Crippen molar-refractivity contribution in [1.82, 2.24) is 10.3 Å². The number of esters is 1. The van der Waals surface area contributed by atoms with Gasteiger partial charge in [-0.15, -0.1) is 0 Å². The summed E-state index contributed by atoms with van der Waals surface area (Å²) in [7, 11) is 1.34. The maximum Gasteiger partial charge on any atom is 0.337 e. The summed E-state index contributed by atoms with van der Waals surface area (Å²) >= 11 is 0. The third-order valence-corrected chi connectivity index (χ3v) is 4.23. The average Bonchev–Trinajstić information content (AvgIpc) is 2.74. The Labute approximate surface area is 163 Å². The first-order valence-electron chi connectivity index (χ1n) is 8.84. The zero-order valence-corrected chi connectivity index (χ0v) is 15.7. The molecular weight excluding hydrogens is 354 g/mol. The Morgan fingerprint density at radius 2 is 1.75 bits per heavy atom. The standard InChI is InChI=1S/C22H21N3O3/c1-15(16-7-4-3-5-8-16)24-21(26)18-11-12-20(23-14-18)25-19-10-6-9-17(13-19)22(27)28-2/h3-15H,1-2H3,(H,23,25)(H,24,26). The molecule has 0 aliphatic carbocycles. The van der Waals surface area contributed by atoms with Gasteiger partial charge in [-0.1, -0.05) is 36.4 Å². The molecule has 1 heterocycles. The highest BCUT2D eigenvalue weighted by molar-refractivity contribution is 5.94. The Morgan fingerprint density at radius 3 is 2.43 bits per heavy atom. The van der Waals surface area contributed by atoms with Crippen molar-refractivity contribution < 1.29 is 14.3 Å². The van der Waals surface area contributed by atoms with Gasteiger partial charge >= 0.3 is 5.97 Å². The number of ether oxygens (including phenoxy) is 1. The number of nitrogens with zero attached hydrogens (tertiary/aromatic N) is 1. The van der Waals surface area contributed by atoms with E-state index in [2.05, 4.69) is 15.6 Å². The molecule has 1 unspecified atom stereocenters. The molecule has 3 rings (SSSR count). The lowest BCUT2D eigenvalue weighted by Gasteiger charge is -2.14. The number of pyridine rings is 1. The molecule has 0 saturated heterocycles. The van der Waals surface area contributed by atoms with Crippen molar-refractivity contribution >= 4 is 23.4 Å². The second kappa shape index (κ2) is 8.81. The summed E-state index contributed by atoms with van der Waals surface area (Å²) in [5.74, 6) is -0.0334. The lowest BCUT2D eigenvalue weighted by Crippen LogP contribution is -2.26. The third-order valence-electron chi connectivity index (χ3n) is 4.23. The molecule has 3 aromatic rings. The largest absolute Gasteiger partial charge is 0.465 e. The molecule has 0 saturated carbocycles. The molecule has 2 N–H and O–H groups in total. The zero-order chi connectivity index (χ0) is 19.9. The van der Waals surface area contributed by atoms with Crippen LogP contribution in [0.3, 0.4) is 0 Å². The number of rotatable bonds is 6. The van der Waals surface area contributed by atoms with Crippen molar-refractivity contribution in [2.45, 2.75) is 13.0 Å². The van der Waals surface area contributed by atoms with Crippen molar-refractivity contribution in [3.05, 3.63) is 89.6 Å². The van der Waals surface area contributed by atoms with Crippen LogP contribution in [0.1, 0.15) is 39.2 Å². The normalized spacial score (nSPS) is 11.4. The van der Waals surface area contributed by atoms with E-state index in [4.69, 9.17) is 4.74 Å². The van der Waals surface area contributed by atoms with Gasteiger partial charge in [0.25, 0.3) is 5.91 Å². The zero-order valence-electron chi connectivity index (χ0n) is 15.7. The van der Waals surface area contributed by atoms with Crippen molar-refractivity contribution in [2.24, 2.45) is 0 Å². The number of hydrogen-bond donors (Lipinski definition) is 2. The summed E-state index contributed by atoms with van der Waals surface area (Å²) in [6.45, 7) is 1.94. The van der Waals surface area contributed by atoms with Crippen LogP contribution in [0.25, 0.3) is 0 Å². The van der Waals surface area contributed by atoms with E-state index in [0.29, 0.717) is 22.6 Å². The molecule has 142 valence electrons. The van der Waals surface area contributed by atoms with Crippen molar-refractivity contribution in [3.8, 4) is 0 Å². The molecule has 6 nitrogen and oxygen atoms in total. The number of benzene rings is 2. The second-order valence-electron chi connectivity index (χ2n) is 6.24. The van der Waals surface area contributed by atoms with Gasteiger partial charge in [-0.05, 0) is 42.8 Å². The number of carbonyl (C=O) groups excluding carboxylic acids is 2. The molecule has 0 aliphatic heterocycles. The summed E-state index contributed by atoms with van der Waals surface area (Å²) in [6.07, 6.45) is 1.51. The SMILES string of the molecule is COC(=O)c1cccc(Nc2ccc(C(=O)NC(C)c3ccccc3)cn2)c1. The van der Waals surface area contributed by atoms with Gasteiger partial charge < -0.3 is 15.4 Å². The van der Waals surface area contributed by atoms with E-state index in [1.807, 2.05) is 43.3 Å². The topological polar surface area (TPSA) is 80.3 Å². The number of aromatic nitrogens is 1. The van der Waals surface area contributed by atoms with Crippen LogP contribution in [-0.2, 0) is 4.74 Å². The first-order chi connectivity index (χ1) is 13.6. The Hall–Kier alpha value is -3.67. The third kappa shape index (κ3) is 4.73. The highest BCUT2D eigenvalue weighted by atomic mass is 16.5. The monoisotopic (exact) mass is 375 g/mol. The van der Waals surface area contributed by atoms with Crippen LogP contribution < -0.4 is 10.6 Å². The summed E-state index contributed by atoms with van der Waals surface area (Å²) in [6, 6.07) is 20.0. The fourth-order valence-electron chi connectivity index (χ4n) is 2.70. The molecule has 1 aromatic heterocycles. The van der Waals surface area contributed by atoms with Gasteiger partial charge in [0.05, 0.1) is 24.3 Å².